The molecule has 1 unspecified atom stereocenters. The van der Waals surface area contributed by atoms with Crippen LogP contribution < -0.4 is 24.4 Å². The maximum absolute atomic E-state index is 14.0. The van der Waals surface area contributed by atoms with Gasteiger partial charge in [0, 0.05) is 38.0 Å². The van der Waals surface area contributed by atoms with Crippen LogP contribution in [-0.2, 0) is 21.3 Å². The summed E-state index contributed by atoms with van der Waals surface area (Å²) < 4.78 is 86.1. The van der Waals surface area contributed by atoms with Crippen molar-refractivity contribution in [2.45, 2.75) is 63.4 Å². The molecular weight excluding hydrogens is 559 g/mol. The maximum Gasteiger partial charge on any atom is 0.427 e. The third-order valence-corrected chi connectivity index (χ3v) is 7.68. The highest BCUT2D eigenvalue weighted by molar-refractivity contribution is 7.93. The Morgan fingerprint density at radius 3 is 2.62 bits per heavy atom. The van der Waals surface area contributed by atoms with E-state index in [0.29, 0.717) is 33.5 Å². The van der Waals surface area contributed by atoms with E-state index in [2.05, 4.69) is 20.5 Å². The highest BCUT2D eigenvalue weighted by Crippen LogP contribution is 2.40. The lowest BCUT2D eigenvalue weighted by Crippen LogP contribution is -2.47. The fourth-order valence-electron chi connectivity index (χ4n) is 3.64. The number of nitrogens with zero attached hydrogens (tertiary/aromatic N) is 3. The number of aliphatic hydroxyl groups is 1. The Morgan fingerprint density at radius 1 is 1.27 bits per heavy atom. The second kappa shape index (κ2) is 12.5. The van der Waals surface area contributed by atoms with Crippen LogP contribution in [0.1, 0.15) is 34.1 Å². The zero-order valence-corrected chi connectivity index (χ0v) is 23.4. The Labute approximate surface area is 230 Å². The van der Waals surface area contributed by atoms with Crippen molar-refractivity contribution in [1.29, 1.82) is 0 Å². The zero-order valence-electron chi connectivity index (χ0n) is 22.6. The van der Waals surface area contributed by atoms with Crippen molar-refractivity contribution in [2.24, 2.45) is 0 Å². The molecule has 12 nitrogen and oxygen atoms in total. The molecule has 0 aliphatic carbocycles. The number of aryl methyl sites for hydroxylation is 1. The van der Waals surface area contributed by atoms with E-state index in [1.807, 2.05) is 6.92 Å². The minimum atomic E-state index is -4.81. The number of carbonyl (C=O) groups excluding carboxylic acids is 1. The van der Waals surface area contributed by atoms with Crippen molar-refractivity contribution < 1.29 is 45.7 Å². The van der Waals surface area contributed by atoms with E-state index in [1.54, 1.807) is 6.92 Å². The number of sulfonamides is 1. The highest BCUT2D eigenvalue weighted by atomic mass is 32.2. The molecule has 16 heteroatoms. The highest BCUT2D eigenvalue weighted by Gasteiger charge is 2.51. The number of benzene rings is 1. The van der Waals surface area contributed by atoms with E-state index in [-0.39, 0.29) is 54.1 Å². The van der Waals surface area contributed by atoms with Gasteiger partial charge in [0.05, 0.1) is 18.8 Å². The molecule has 224 valence electrons. The van der Waals surface area contributed by atoms with Gasteiger partial charge in [0.15, 0.2) is 4.90 Å². The molecule has 1 aromatic heterocycles. The SMILES string of the molecule is CCNCC1CN(S(=O)(=O)c2cn(CC)nc2OCCCO)c2cc(NC(=O)OC(C)(C)C(F)(F)F)ccc2O1. The summed E-state index contributed by atoms with van der Waals surface area (Å²) in [5, 5.41) is 18.6. The van der Waals surface area contributed by atoms with Crippen molar-refractivity contribution in [3.8, 4) is 11.6 Å². The Morgan fingerprint density at radius 2 is 2.00 bits per heavy atom. The summed E-state index contributed by atoms with van der Waals surface area (Å²) in [5.41, 5.74) is -2.72. The van der Waals surface area contributed by atoms with E-state index in [9.17, 15) is 26.4 Å². The van der Waals surface area contributed by atoms with Crippen LogP contribution in [0.15, 0.2) is 29.3 Å². The Bertz CT molecular complexity index is 1280. The molecule has 2 heterocycles. The van der Waals surface area contributed by atoms with Gasteiger partial charge in [-0.2, -0.15) is 13.2 Å². The fraction of sp³-hybridized carbons (Fsp3) is 0.583. The number of hydrogen-bond donors (Lipinski definition) is 3. The predicted molar refractivity (Wildman–Crippen MR) is 139 cm³/mol. The Hall–Kier alpha value is -3.24. The van der Waals surface area contributed by atoms with Gasteiger partial charge < -0.3 is 24.6 Å². The van der Waals surface area contributed by atoms with Crippen molar-refractivity contribution in [3.63, 3.8) is 0 Å². The molecule has 1 atom stereocenters. The van der Waals surface area contributed by atoms with Crippen LogP contribution in [0.4, 0.5) is 29.3 Å². The second-order valence-corrected chi connectivity index (χ2v) is 11.2. The number of aromatic nitrogens is 2. The number of fused-ring (bicyclic) bond motifs is 1. The molecule has 0 saturated heterocycles. The lowest BCUT2D eigenvalue weighted by molar-refractivity contribution is -0.242. The van der Waals surface area contributed by atoms with E-state index >= 15 is 0 Å². The van der Waals surface area contributed by atoms with E-state index in [1.165, 1.54) is 29.1 Å². The van der Waals surface area contributed by atoms with Crippen molar-refractivity contribution in [3.05, 3.63) is 24.4 Å². The zero-order chi connectivity index (χ0) is 29.7. The summed E-state index contributed by atoms with van der Waals surface area (Å²) in [6.07, 6.45) is -5.17. The smallest absolute Gasteiger partial charge is 0.427 e. The van der Waals surface area contributed by atoms with Crippen LogP contribution in [0.3, 0.4) is 0 Å². The number of rotatable bonds is 12. The van der Waals surface area contributed by atoms with Gasteiger partial charge in [0.25, 0.3) is 15.9 Å². The quantitative estimate of drug-likeness (QED) is 0.316. The van der Waals surface area contributed by atoms with Crippen molar-refractivity contribution in [2.75, 3.05) is 42.5 Å². The molecule has 1 amide bonds. The average molecular weight is 594 g/mol. The predicted octanol–water partition coefficient (Wildman–Crippen LogP) is 3.12. The molecule has 3 N–H and O–H groups in total. The molecule has 0 saturated carbocycles. The van der Waals surface area contributed by atoms with Crippen LogP contribution in [0.2, 0.25) is 0 Å². The number of likely N-dealkylation sites (N-methyl/N-ethyl adjacent to an activating group) is 1. The summed E-state index contributed by atoms with van der Waals surface area (Å²) in [5.74, 6) is 0.0386. The number of hydrogen-bond acceptors (Lipinski definition) is 9. The van der Waals surface area contributed by atoms with Crippen LogP contribution in [0.5, 0.6) is 11.6 Å². The van der Waals surface area contributed by atoms with Crippen molar-refractivity contribution in [1.82, 2.24) is 15.1 Å². The van der Waals surface area contributed by atoms with E-state index in [4.69, 9.17) is 14.6 Å². The lowest BCUT2D eigenvalue weighted by atomic mass is 10.1. The van der Waals surface area contributed by atoms with E-state index < -0.39 is 34.0 Å². The molecule has 0 spiro atoms. The first-order valence-electron chi connectivity index (χ1n) is 12.7. The van der Waals surface area contributed by atoms with Gasteiger partial charge in [-0.15, -0.1) is 5.10 Å². The number of halogens is 3. The summed E-state index contributed by atoms with van der Waals surface area (Å²) >= 11 is 0. The minimum absolute atomic E-state index is 0.0145. The third kappa shape index (κ3) is 7.09. The molecular formula is C24H34F3N5O7S. The average Bonchev–Trinajstić information content (AvgIpc) is 3.30. The largest absolute Gasteiger partial charge is 0.485 e. The Balaban J connectivity index is 1.99. The number of nitrogens with one attached hydrogen (secondary N) is 2. The van der Waals surface area contributed by atoms with Crippen LogP contribution >= 0.6 is 0 Å². The van der Waals surface area contributed by atoms with Crippen LogP contribution in [0.25, 0.3) is 0 Å². The summed E-state index contributed by atoms with van der Waals surface area (Å²) in [6, 6.07) is 4.04. The first-order valence-corrected chi connectivity index (χ1v) is 14.1. The molecule has 3 rings (SSSR count). The molecule has 1 aliphatic heterocycles. The van der Waals surface area contributed by atoms with Gasteiger partial charge in [0.2, 0.25) is 5.60 Å². The number of amides is 1. The van der Waals surface area contributed by atoms with Crippen molar-refractivity contribution >= 4 is 27.5 Å². The normalized spacial score (nSPS) is 15.8. The van der Waals surface area contributed by atoms with Gasteiger partial charge in [-0.1, -0.05) is 6.92 Å². The molecule has 0 bridgehead atoms. The number of anilines is 2. The second-order valence-electron chi connectivity index (χ2n) is 9.37. The summed E-state index contributed by atoms with van der Waals surface area (Å²) in [7, 11) is -4.32. The van der Waals surface area contributed by atoms with Gasteiger partial charge in [-0.3, -0.25) is 14.3 Å². The van der Waals surface area contributed by atoms with Gasteiger partial charge in [-0.25, -0.2) is 13.2 Å². The van der Waals surface area contributed by atoms with E-state index in [0.717, 1.165) is 4.31 Å². The lowest BCUT2D eigenvalue weighted by Gasteiger charge is -2.35. The molecule has 0 radical (unpaired) electrons. The first-order chi connectivity index (χ1) is 18.7. The Kier molecular flexibility index (Phi) is 9.79. The first kappa shape index (κ1) is 31.3. The molecule has 0 fully saturated rings. The molecule has 40 heavy (non-hydrogen) atoms. The molecule has 1 aromatic carbocycles. The number of alkyl halides is 3. The summed E-state index contributed by atoms with van der Waals surface area (Å²) in [4.78, 5) is 12.1. The van der Waals surface area contributed by atoms with Gasteiger partial charge in [0.1, 0.15) is 11.9 Å². The topological polar surface area (TPSA) is 144 Å². The maximum atomic E-state index is 14.0. The van der Waals surface area contributed by atoms with Gasteiger partial charge >= 0.3 is 12.3 Å². The monoisotopic (exact) mass is 593 g/mol. The minimum Gasteiger partial charge on any atom is -0.485 e. The van der Waals surface area contributed by atoms with Crippen LogP contribution in [-0.4, -0.2) is 80.1 Å². The fourth-order valence-corrected chi connectivity index (χ4v) is 5.22. The number of carbonyl (C=O) groups is 1. The van der Waals surface area contributed by atoms with Gasteiger partial charge in [-0.05, 0) is 45.5 Å². The molecule has 1 aliphatic rings. The number of aliphatic hydroxyl groups excluding tert-OH is 1. The summed E-state index contributed by atoms with van der Waals surface area (Å²) in [6.45, 7) is 6.14. The standard InChI is InChI=1S/C24H34F3N5O7S/c1-5-28-13-17-14-32(40(35,36)20-15-31(6-2)30-21(20)37-11-7-10-33)18-12-16(8-9-19(18)38-17)29-22(34)39-23(3,4)24(25,26)27/h8-9,12,15,17,28,33H,5-7,10-11,13-14H2,1-4H3,(H,29,34). The van der Waals surface area contributed by atoms with Crippen LogP contribution in [0, 0.1) is 0 Å². The third-order valence-electron chi connectivity index (χ3n) is 5.92. The number of ether oxygens (including phenoxy) is 3. The molecule has 2 aromatic rings.